The summed E-state index contributed by atoms with van der Waals surface area (Å²) in [7, 11) is 0. The van der Waals surface area contributed by atoms with Crippen LogP contribution in [0.15, 0.2) is 48.0 Å². The van der Waals surface area contributed by atoms with Crippen molar-refractivity contribution in [3.8, 4) is 11.8 Å². The summed E-state index contributed by atoms with van der Waals surface area (Å²) in [4.78, 5) is 14.4. The molecule has 0 spiro atoms. The van der Waals surface area contributed by atoms with E-state index in [9.17, 15) is 15.2 Å². The van der Waals surface area contributed by atoms with Crippen LogP contribution in [-0.4, -0.2) is 24.1 Å². The zero-order chi connectivity index (χ0) is 19.1. The van der Waals surface area contributed by atoms with Gasteiger partial charge in [0.05, 0.1) is 0 Å². The first-order chi connectivity index (χ1) is 12.5. The van der Waals surface area contributed by atoms with Gasteiger partial charge in [-0.1, -0.05) is 17.7 Å². The molecule has 0 unspecified atom stereocenters. The highest BCUT2D eigenvalue weighted by molar-refractivity contribution is 6.31. The second-order valence-corrected chi connectivity index (χ2v) is 5.99. The minimum absolute atomic E-state index is 0.0118. The number of carbonyl (C=O) groups is 1. The number of nitrogens with zero attached hydrogens (tertiary/aromatic N) is 2. The third kappa shape index (κ3) is 4.78. The highest BCUT2D eigenvalue weighted by Gasteiger charge is 2.12. The van der Waals surface area contributed by atoms with E-state index in [1.165, 1.54) is 6.08 Å². The molecule has 0 aliphatic heterocycles. The molecule has 0 radical (unpaired) electrons. The number of aromatic hydroxyl groups is 1. The van der Waals surface area contributed by atoms with Gasteiger partial charge in [-0.05, 0) is 50.3 Å². The van der Waals surface area contributed by atoms with E-state index in [2.05, 4.69) is 10.2 Å². The van der Waals surface area contributed by atoms with Crippen molar-refractivity contribution in [2.75, 3.05) is 23.3 Å². The summed E-state index contributed by atoms with van der Waals surface area (Å²) >= 11 is 5.89. The fraction of sp³-hybridized carbons (Fsp3) is 0.200. The minimum atomic E-state index is -0.568. The lowest BCUT2D eigenvalue weighted by molar-refractivity contribution is -0.112. The Morgan fingerprint density at radius 2 is 2.00 bits per heavy atom. The van der Waals surface area contributed by atoms with Crippen LogP contribution in [0.4, 0.5) is 11.4 Å². The Balaban J connectivity index is 2.25. The van der Waals surface area contributed by atoms with Gasteiger partial charge < -0.3 is 15.3 Å². The maximum Gasteiger partial charge on any atom is 0.266 e. The van der Waals surface area contributed by atoms with Gasteiger partial charge in [-0.15, -0.1) is 0 Å². The quantitative estimate of drug-likeness (QED) is 0.583. The Hall–Kier alpha value is -2.97. The Labute approximate surface area is 158 Å². The topological polar surface area (TPSA) is 76.4 Å². The molecule has 2 N–H and O–H groups in total. The number of phenolic OH excluding ortho intramolecular Hbond substituents is 1. The average Bonchev–Trinajstić information content (AvgIpc) is 2.62. The number of anilines is 2. The van der Waals surface area contributed by atoms with Gasteiger partial charge in [0.1, 0.15) is 17.4 Å². The number of rotatable bonds is 6. The van der Waals surface area contributed by atoms with Crippen molar-refractivity contribution in [1.29, 1.82) is 5.26 Å². The molecular formula is C20H20ClN3O2. The number of nitrogens with one attached hydrogen (secondary N) is 1. The molecule has 0 atom stereocenters. The van der Waals surface area contributed by atoms with E-state index in [4.69, 9.17) is 11.6 Å². The average molecular weight is 370 g/mol. The Bertz CT molecular complexity index is 868. The number of halogens is 1. The van der Waals surface area contributed by atoms with Crippen LogP contribution in [0.25, 0.3) is 6.08 Å². The molecule has 0 saturated carbocycles. The molecule has 0 fully saturated rings. The first-order valence-corrected chi connectivity index (χ1v) is 8.63. The van der Waals surface area contributed by atoms with Gasteiger partial charge >= 0.3 is 0 Å². The zero-order valence-electron chi connectivity index (χ0n) is 14.7. The summed E-state index contributed by atoms with van der Waals surface area (Å²) in [6.07, 6.45) is 1.36. The highest BCUT2D eigenvalue weighted by atomic mass is 35.5. The molecule has 0 aromatic heterocycles. The molecule has 0 saturated heterocycles. The maximum absolute atomic E-state index is 12.3. The van der Waals surface area contributed by atoms with E-state index in [0.717, 1.165) is 18.8 Å². The number of carbonyl (C=O) groups excluding carboxylic acids is 1. The van der Waals surface area contributed by atoms with Crippen LogP contribution in [0.3, 0.4) is 0 Å². The molecule has 2 aromatic rings. The summed E-state index contributed by atoms with van der Waals surface area (Å²) in [6, 6.07) is 13.7. The predicted molar refractivity (Wildman–Crippen MR) is 105 cm³/mol. The van der Waals surface area contributed by atoms with Gasteiger partial charge in [-0.25, -0.2) is 0 Å². The third-order valence-electron chi connectivity index (χ3n) is 3.89. The van der Waals surface area contributed by atoms with Gasteiger partial charge in [0.25, 0.3) is 5.91 Å². The van der Waals surface area contributed by atoms with Gasteiger partial charge in [0.15, 0.2) is 0 Å². The smallest absolute Gasteiger partial charge is 0.266 e. The Kier molecular flexibility index (Phi) is 6.65. The third-order valence-corrected chi connectivity index (χ3v) is 4.13. The van der Waals surface area contributed by atoms with Crippen LogP contribution in [0, 0.1) is 11.3 Å². The minimum Gasteiger partial charge on any atom is -0.507 e. The number of hydrogen-bond acceptors (Lipinski definition) is 4. The summed E-state index contributed by atoms with van der Waals surface area (Å²) in [5.74, 6) is -0.556. The van der Waals surface area contributed by atoms with Crippen LogP contribution < -0.4 is 10.2 Å². The first kappa shape index (κ1) is 19.4. The number of benzene rings is 2. The van der Waals surface area contributed by atoms with Crippen molar-refractivity contribution in [2.24, 2.45) is 0 Å². The molecule has 2 rings (SSSR count). The van der Waals surface area contributed by atoms with Gasteiger partial charge in [-0.2, -0.15) is 5.26 Å². The first-order valence-electron chi connectivity index (χ1n) is 8.25. The van der Waals surface area contributed by atoms with Crippen molar-refractivity contribution in [1.82, 2.24) is 0 Å². The van der Waals surface area contributed by atoms with E-state index >= 15 is 0 Å². The van der Waals surface area contributed by atoms with Crippen molar-refractivity contribution in [2.45, 2.75) is 13.8 Å². The van der Waals surface area contributed by atoms with Crippen LogP contribution in [0.1, 0.15) is 19.4 Å². The summed E-state index contributed by atoms with van der Waals surface area (Å²) < 4.78 is 0. The number of hydrogen-bond donors (Lipinski definition) is 2. The molecule has 0 aliphatic rings. The molecule has 26 heavy (non-hydrogen) atoms. The molecule has 0 aliphatic carbocycles. The molecule has 1 amide bonds. The fourth-order valence-electron chi connectivity index (χ4n) is 2.51. The normalized spacial score (nSPS) is 10.9. The monoisotopic (exact) mass is 369 g/mol. The van der Waals surface area contributed by atoms with E-state index in [1.54, 1.807) is 36.4 Å². The number of amides is 1. The second-order valence-electron chi connectivity index (χ2n) is 5.55. The summed E-state index contributed by atoms with van der Waals surface area (Å²) in [6.45, 7) is 5.69. The fourth-order valence-corrected chi connectivity index (χ4v) is 2.70. The van der Waals surface area contributed by atoms with Crippen molar-refractivity contribution < 1.29 is 9.90 Å². The molecular weight excluding hydrogens is 350 g/mol. The highest BCUT2D eigenvalue weighted by Crippen LogP contribution is 2.27. The summed E-state index contributed by atoms with van der Waals surface area (Å²) in [5, 5.41) is 22.7. The van der Waals surface area contributed by atoms with Crippen molar-refractivity contribution in [3.63, 3.8) is 0 Å². The molecule has 0 bridgehead atoms. The van der Waals surface area contributed by atoms with Crippen molar-refractivity contribution in [3.05, 3.63) is 58.6 Å². The lowest BCUT2D eigenvalue weighted by Crippen LogP contribution is -2.21. The molecule has 5 nitrogen and oxygen atoms in total. The number of phenols is 1. The van der Waals surface area contributed by atoms with E-state index in [-0.39, 0.29) is 11.3 Å². The Morgan fingerprint density at radius 1 is 1.27 bits per heavy atom. The largest absolute Gasteiger partial charge is 0.507 e. The maximum atomic E-state index is 12.3. The predicted octanol–water partition coefficient (Wildman–Crippen LogP) is 4.44. The second kappa shape index (κ2) is 8.93. The van der Waals surface area contributed by atoms with Gasteiger partial charge in [-0.3, -0.25) is 4.79 Å². The molecule has 134 valence electrons. The van der Waals surface area contributed by atoms with Crippen molar-refractivity contribution >= 4 is 35.0 Å². The molecule has 0 heterocycles. The van der Waals surface area contributed by atoms with E-state index in [0.29, 0.717) is 16.3 Å². The van der Waals surface area contributed by atoms with Crippen LogP contribution in [0.2, 0.25) is 5.02 Å². The lowest BCUT2D eigenvalue weighted by Gasteiger charge is -2.21. The SMILES string of the molecule is CCN(CC)c1ccc(/C=C(\C#N)C(=O)Nc2cccc(Cl)c2)c(O)c1. The van der Waals surface area contributed by atoms with E-state index in [1.807, 2.05) is 26.0 Å². The summed E-state index contributed by atoms with van der Waals surface area (Å²) in [5.41, 5.74) is 1.66. The molecule has 2 aromatic carbocycles. The number of nitriles is 1. The van der Waals surface area contributed by atoms with E-state index < -0.39 is 5.91 Å². The molecule has 6 heteroatoms. The van der Waals surface area contributed by atoms with Crippen LogP contribution in [0.5, 0.6) is 5.75 Å². The lowest BCUT2D eigenvalue weighted by atomic mass is 10.1. The zero-order valence-corrected chi connectivity index (χ0v) is 15.4. The van der Waals surface area contributed by atoms with Gasteiger partial charge in [0, 0.05) is 41.1 Å². The van der Waals surface area contributed by atoms with Crippen LogP contribution >= 0.6 is 11.6 Å². The van der Waals surface area contributed by atoms with Crippen LogP contribution in [-0.2, 0) is 4.79 Å². The van der Waals surface area contributed by atoms with Gasteiger partial charge in [0.2, 0.25) is 0 Å². The standard InChI is InChI=1S/C20H20ClN3O2/c1-3-24(4-2)18-9-8-14(19(25)12-18)10-15(13-22)20(26)23-17-7-5-6-16(21)11-17/h5-12,25H,3-4H2,1-2H3,(H,23,26)/b15-10+. The Morgan fingerprint density at radius 3 is 2.58 bits per heavy atom.